The van der Waals surface area contributed by atoms with Gasteiger partial charge in [-0.1, -0.05) is 23.8 Å². The van der Waals surface area contributed by atoms with Gasteiger partial charge in [-0.2, -0.15) is 0 Å². The van der Waals surface area contributed by atoms with Gasteiger partial charge in [0.1, 0.15) is 23.7 Å². The van der Waals surface area contributed by atoms with Crippen LogP contribution in [0.25, 0.3) is 0 Å². The summed E-state index contributed by atoms with van der Waals surface area (Å²) in [6.07, 6.45) is 4.33. The van der Waals surface area contributed by atoms with Crippen molar-refractivity contribution < 1.29 is 52.4 Å². The normalized spacial score (nSPS) is 16.4. The van der Waals surface area contributed by atoms with Crippen molar-refractivity contribution in [2.24, 2.45) is 5.92 Å². The van der Waals surface area contributed by atoms with Gasteiger partial charge in [0.05, 0.1) is 25.8 Å². The molecule has 3 atom stereocenters. The number of aliphatic carboxylic acids is 1. The van der Waals surface area contributed by atoms with E-state index in [1.165, 1.54) is 27.2 Å². The molecule has 0 bridgehead atoms. The molecule has 0 spiro atoms. The maximum Gasteiger partial charge on any atom is 0.342 e. The van der Waals surface area contributed by atoms with Crippen molar-refractivity contribution in [3.63, 3.8) is 0 Å². The second-order valence-electron chi connectivity index (χ2n) is 9.05. The van der Waals surface area contributed by atoms with Crippen LogP contribution in [0.5, 0.6) is 11.5 Å². The highest BCUT2D eigenvalue weighted by Crippen LogP contribution is 2.49. The van der Waals surface area contributed by atoms with E-state index in [1.807, 2.05) is 0 Å². The number of allylic oxidation sites excluding steroid dienone is 3. The molecule has 216 valence electrons. The highest BCUT2D eigenvalue weighted by molar-refractivity contribution is 7.53. The number of cyclic esters (lactones) is 1. The van der Waals surface area contributed by atoms with Gasteiger partial charge in [0.25, 0.3) is 0 Å². The number of rotatable bonds is 15. The zero-order chi connectivity index (χ0) is 29.3. The monoisotopic (exact) mass is 568 g/mol. The Balaban J connectivity index is 2.08. The predicted molar refractivity (Wildman–Crippen MR) is 142 cm³/mol. The SMILES string of the molecule is CCOC(=O)[C@H](C)OP(=O)(CC/C=C/C(CC(C)=CCc1c(O)c2c(c(C)c1OC)COC2=O)C(=O)O)OC. The van der Waals surface area contributed by atoms with Crippen LogP contribution in [0.15, 0.2) is 23.8 Å². The molecule has 2 N–H and O–H groups in total. The Morgan fingerprint density at radius 1 is 1.26 bits per heavy atom. The van der Waals surface area contributed by atoms with Gasteiger partial charge < -0.3 is 28.9 Å². The van der Waals surface area contributed by atoms with Gasteiger partial charge in [0.2, 0.25) is 0 Å². The number of aromatic hydroxyl groups is 1. The van der Waals surface area contributed by atoms with Gasteiger partial charge in [0.15, 0.2) is 6.10 Å². The van der Waals surface area contributed by atoms with Gasteiger partial charge in [0, 0.05) is 18.2 Å². The third-order valence-corrected chi connectivity index (χ3v) is 8.31. The molecule has 0 radical (unpaired) electrons. The Hall–Kier alpha value is -3.14. The van der Waals surface area contributed by atoms with E-state index in [0.29, 0.717) is 22.4 Å². The maximum atomic E-state index is 12.8. The van der Waals surface area contributed by atoms with Crippen LogP contribution in [0.3, 0.4) is 0 Å². The Morgan fingerprint density at radius 2 is 1.95 bits per heavy atom. The van der Waals surface area contributed by atoms with Gasteiger partial charge >= 0.3 is 25.5 Å². The van der Waals surface area contributed by atoms with E-state index in [4.69, 9.17) is 23.3 Å². The minimum Gasteiger partial charge on any atom is -0.507 e. The van der Waals surface area contributed by atoms with Gasteiger partial charge in [-0.15, -0.1) is 0 Å². The van der Waals surface area contributed by atoms with E-state index in [-0.39, 0.29) is 50.0 Å². The molecule has 11 nitrogen and oxygen atoms in total. The fourth-order valence-electron chi connectivity index (χ4n) is 4.20. The molecule has 1 aromatic carbocycles. The number of carboxylic acid groups (broad SMARTS) is 1. The summed E-state index contributed by atoms with van der Waals surface area (Å²) in [4.78, 5) is 35.7. The molecule has 0 aliphatic carbocycles. The molecule has 2 rings (SSSR count). The Labute approximate surface area is 228 Å². The van der Waals surface area contributed by atoms with Crippen LogP contribution in [0.4, 0.5) is 0 Å². The molecule has 12 heteroatoms. The lowest BCUT2D eigenvalue weighted by atomic mass is 9.93. The molecule has 39 heavy (non-hydrogen) atoms. The second kappa shape index (κ2) is 14.3. The number of carbonyl (C=O) groups is 3. The van der Waals surface area contributed by atoms with E-state index in [0.717, 1.165) is 5.57 Å². The number of methoxy groups -OCH3 is 1. The first-order valence-electron chi connectivity index (χ1n) is 12.5. The summed E-state index contributed by atoms with van der Waals surface area (Å²) in [7, 11) is -0.905. The van der Waals surface area contributed by atoms with Crippen LogP contribution in [0.2, 0.25) is 0 Å². The van der Waals surface area contributed by atoms with Crippen LogP contribution in [-0.4, -0.2) is 61.2 Å². The quantitative estimate of drug-likeness (QED) is 0.172. The largest absolute Gasteiger partial charge is 0.507 e. The summed E-state index contributed by atoms with van der Waals surface area (Å²) in [5.41, 5.74) is 2.59. The summed E-state index contributed by atoms with van der Waals surface area (Å²) in [6, 6.07) is 0. The lowest BCUT2D eigenvalue weighted by molar-refractivity contribution is -0.151. The molecule has 1 aliphatic heterocycles. The van der Waals surface area contributed by atoms with Crippen molar-refractivity contribution in [2.75, 3.05) is 27.0 Å². The van der Waals surface area contributed by atoms with Crippen LogP contribution in [-0.2, 0) is 45.7 Å². The number of esters is 2. The molecule has 2 unspecified atom stereocenters. The van der Waals surface area contributed by atoms with Crippen LogP contribution < -0.4 is 4.74 Å². The molecule has 1 aromatic rings. The molecule has 0 saturated carbocycles. The highest BCUT2D eigenvalue weighted by Gasteiger charge is 2.32. The first-order chi connectivity index (χ1) is 18.4. The van der Waals surface area contributed by atoms with E-state index in [2.05, 4.69) is 0 Å². The Morgan fingerprint density at radius 3 is 2.54 bits per heavy atom. The molecular weight excluding hydrogens is 531 g/mol. The lowest BCUT2D eigenvalue weighted by Gasteiger charge is -2.19. The number of carboxylic acids is 1. The Bertz CT molecular complexity index is 1180. The fourth-order valence-corrected chi connectivity index (χ4v) is 5.60. The highest BCUT2D eigenvalue weighted by atomic mass is 31.2. The van der Waals surface area contributed by atoms with E-state index in [9.17, 15) is 29.2 Å². The molecule has 1 heterocycles. The number of hydrogen-bond acceptors (Lipinski definition) is 10. The van der Waals surface area contributed by atoms with E-state index in [1.54, 1.807) is 32.9 Å². The Kier molecular flexibility index (Phi) is 11.8. The third kappa shape index (κ3) is 8.17. The first kappa shape index (κ1) is 32.1. The smallest absolute Gasteiger partial charge is 0.342 e. The van der Waals surface area contributed by atoms with Crippen molar-refractivity contribution >= 4 is 25.5 Å². The van der Waals surface area contributed by atoms with Gasteiger partial charge in [-0.25, -0.2) is 9.59 Å². The predicted octanol–water partition coefficient (Wildman–Crippen LogP) is 4.71. The van der Waals surface area contributed by atoms with E-state index < -0.39 is 37.5 Å². The van der Waals surface area contributed by atoms with Crippen LogP contribution >= 0.6 is 7.60 Å². The molecule has 0 saturated heterocycles. The first-order valence-corrected chi connectivity index (χ1v) is 14.2. The van der Waals surface area contributed by atoms with Crippen molar-refractivity contribution in [3.8, 4) is 11.5 Å². The zero-order valence-electron chi connectivity index (χ0n) is 23.1. The number of phenols is 1. The number of phenolic OH excluding ortho intramolecular Hbond substituents is 1. The van der Waals surface area contributed by atoms with Crippen molar-refractivity contribution in [2.45, 2.75) is 59.7 Å². The minimum absolute atomic E-state index is 0.0515. The van der Waals surface area contributed by atoms with Crippen molar-refractivity contribution in [1.29, 1.82) is 0 Å². The number of benzene rings is 1. The second-order valence-corrected chi connectivity index (χ2v) is 11.3. The van der Waals surface area contributed by atoms with Crippen molar-refractivity contribution in [3.05, 3.63) is 46.1 Å². The topological polar surface area (TPSA) is 155 Å². The van der Waals surface area contributed by atoms with Gasteiger partial charge in [-0.3, -0.25) is 13.9 Å². The van der Waals surface area contributed by atoms with Crippen molar-refractivity contribution in [1.82, 2.24) is 0 Å². The lowest BCUT2D eigenvalue weighted by Crippen LogP contribution is -2.23. The average Bonchev–Trinajstić information content (AvgIpc) is 3.28. The summed E-state index contributed by atoms with van der Waals surface area (Å²) in [5.74, 6) is -2.90. The number of hydrogen-bond donors (Lipinski definition) is 2. The number of fused-ring (bicyclic) bond motifs is 1. The van der Waals surface area contributed by atoms with Crippen LogP contribution in [0.1, 0.15) is 60.7 Å². The molecule has 1 aliphatic rings. The standard InChI is InChI=1S/C27H37O11P/c1-7-36-26(31)18(4)38-39(33,35-6)13-9-8-10-19(25(29)30)14-16(2)11-12-20-23(28)22-21(15-37-27(22)32)17(3)24(20)34-5/h8,10-11,18-19,28H,7,9,12-15H2,1-6H3,(H,29,30)/b10-8+,16-11?/t18-,19?,39?/m0/s1. The average molecular weight is 569 g/mol. The number of carbonyl (C=O) groups excluding carboxylic acids is 2. The van der Waals surface area contributed by atoms with Crippen LogP contribution in [0, 0.1) is 12.8 Å². The fraction of sp³-hybridized carbons (Fsp3) is 0.519. The maximum absolute atomic E-state index is 12.8. The summed E-state index contributed by atoms with van der Waals surface area (Å²) < 4.78 is 38.5. The molecular formula is C27H37O11P. The van der Waals surface area contributed by atoms with E-state index >= 15 is 0 Å². The number of ether oxygens (including phenoxy) is 3. The van der Waals surface area contributed by atoms with Gasteiger partial charge in [-0.05, 0) is 52.5 Å². The summed E-state index contributed by atoms with van der Waals surface area (Å²) >= 11 is 0. The molecule has 0 fully saturated rings. The third-order valence-electron chi connectivity index (χ3n) is 6.31. The summed E-state index contributed by atoms with van der Waals surface area (Å²) in [6.45, 7) is 6.85. The summed E-state index contributed by atoms with van der Waals surface area (Å²) in [5, 5.41) is 20.5. The molecule has 0 aromatic heterocycles. The molecule has 0 amide bonds. The zero-order valence-corrected chi connectivity index (χ0v) is 24.0. The minimum atomic E-state index is -3.60.